The lowest BCUT2D eigenvalue weighted by Gasteiger charge is -2.17. The van der Waals surface area contributed by atoms with Crippen LogP contribution < -0.4 is 4.90 Å². The van der Waals surface area contributed by atoms with Crippen LogP contribution in [0, 0.1) is 5.82 Å². The standard InChI is InChI=1S/C16H13ClFNO/c17-15-13-10-12(18)6-7-14(13)19(16(15)20)9-8-11-4-2-1-3-5-11/h1-7,10,15H,8-9H2. The number of nitrogens with zero attached hydrogens (tertiary/aromatic N) is 1. The molecular weight excluding hydrogens is 277 g/mol. The number of hydrogen-bond donors (Lipinski definition) is 0. The predicted octanol–water partition coefficient (Wildman–Crippen LogP) is 3.69. The molecule has 2 aromatic carbocycles. The van der Waals surface area contributed by atoms with Crippen molar-refractivity contribution < 1.29 is 9.18 Å². The number of carbonyl (C=O) groups is 1. The normalized spacial score (nSPS) is 17.4. The summed E-state index contributed by atoms with van der Waals surface area (Å²) in [7, 11) is 0. The van der Waals surface area contributed by atoms with E-state index in [0.29, 0.717) is 17.8 Å². The van der Waals surface area contributed by atoms with Crippen molar-refractivity contribution in [3.63, 3.8) is 0 Å². The van der Waals surface area contributed by atoms with Crippen LogP contribution in [0.15, 0.2) is 48.5 Å². The molecular formula is C16H13ClFNO. The molecule has 2 nitrogen and oxygen atoms in total. The Bertz CT molecular complexity index is 644. The van der Waals surface area contributed by atoms with Gasteiger partial charge in [0.25, 0.3) is 0 Å². The lowest BCUT2D eigenvalue weighted by molar-refractivity contribution is -0.117. The van der Waals surface area contributed by atoms with Crippen LogP contribution >= 0.6 is 11.6 Å². The van der Waals surface area contributed by atoms with Gasteiger partial charge in [-0.15, -0.1) is 11.6 Å². The van der Waals surface area contributed by atoms with Crippen LogP contribution in [-0.2, 0) is 11.2 Å². The number of anilines is 1. The number of benzene rings is 2. The van der Waals surface area contributed by atoms with Gasteiger partial charge in [-0.3, -0.25) is 4.79 Å². The minimum absolute atomic E-state index is 0.178. The summed E-state index contributed by atoms with van der Waals surface area (Å²) in [6.07, 6.45) is 0.743. The summed E-state index contributed by atoms with van der Waals surface area (Å²) in [6, 6.07) is 14.2. The Morgan fingerprint density at radius 2 is 1.90 bits per heavy atom. The third-order valence-electron chi connectivity index (χ3n) is 3.50. The highest BCUT2D eigenvalue weighted by Gasteiger charge is 2.35. The van der Waals surface area contributed by atoms with Crippen molar-refractivity contribution in [2.45, 2.75) is 11.8 Å². The van der Waals surface area contributed by atoms with E-state index in [1.165, 1.54) is 12.1 Å². The van der Waals surface area contributed by atoms with Gasteiger partial charge < -0.3 is 4.90 Å². The number of alkyl halides is 1. The van der Waals surface area contributed by atoms with E-state index in [9.17, 15) is 9.18 Å². The number of rotatable bonds is 3. The Kier molecular flexibility index (Phi) is 3.45. The van der Waals surface area contributed by atoms with Crippen molar-refractivity contribution in [2.24, 2.45) is 0 Å². The van der Waals surface area contributed by atoms with Gasteiger partial charge in [-0.05, 0) is 30.2 Å². The molecule has 102 valence electrons. The molecule has 1 heterocycles. The Labute approximate surface area is 121 Å². The molecule has 20 heavy (non-hydrogen) atoms. The lowest BCUT2D eigenvalue weighted by atomic mass is 10.1. The van der Waals surface area contributed by atoms with Crippen LogP contribution in [0.5, 0.6) is 0 Å². The molecule has 0 N–H and O–H groups in total. The highest BCUT2D eigenvalue weighted by atomic mass is 35.5. The van der Waals surface area contributed by atoms with Crippen LogP contribution in [0.2, 0.25) is 0 Å². The van der Waals surface area contributed by atoms with Crippen molar-refractivity contribution in [1.82, 2.24) is 0 Å². The SMILES string of the molecule is O=C1C(Cl)c2cc(F)ccc2N1CCc1ccccc1. The van der Waals surface area contributed by atoms with Gasteiger partial charge in [0.05, 0.1) is 0 Å². The fourth-order valence-electron chi connectivity index (χ4n) is 2.48. The third kappa shape index (κ3) is 2.29. The fraction of sp³-hybridized carbons (Fsp3) is 0.188. The van der Waals surface area contributed by atoms with Crippen molar-refractivity contribution in [1.29, 1.82) is 0 Å². The van der Waals surface area contributed by atoms with E-state index in [2.05, 4.69) is 0 Å². The molecule has 0 saturated carbocycles. The molecule has 1 atom stereocenters. The first-order valence-corrected chi connectivity index (χ1v) is 6.89. The van der Waals surface area contributed by atoms with E-state index in [1.54, 1.807) is 11.0 Å². The third-order valence-corrected chi connectivity index (χ3v) is 3.92. The first-order chi connectivity index (χ1) is 9.66. The first-order valence-electron chi connectivity index (χ1n) is 6.45. The quantitative estimate of drug-likeness (QED) is 0.789. The molecule has 2 aromatic rings. The molecule has 0 aliphatic carbocycles. The number of hydrogen-bond acceptors (Lipinski definition) is 1. The molecule has 0 fully saturated rings. The average molecular weight is 290 g/mol. The fourth-order valence-corrected chi connectivity index (χ4v) is 2.77. The van der Waals surface area contributed by atoms with Crippen LogP contribution in [0.4, 0.5) is 10.1 Å². The summed E-state index contributed by atoms with van der Waals surface area (Å²) in [4.78, 5) is 13.8. The van der Waals surface area contributed by atoms with Crippen LogP contribution in [0.3, 0.4) is 0 Å². The van der Waals surface area contributed by atoms with Gasteiger partial charge in [-0.1, -0.05) is 30.3 Å². The van der Waals surface area contributed by atoms with Crippen LogP contribution in [-0.4, -0.2) is 12.5 Å². The van der Waals surface area contributed by atoms with E-state index in [0.717, 1.165) is 12.0 Å². The van der Waals surface area contributed by atoms with Crippen molar-refractivity contribution in [3.8, 4) is 0 Å². The maximum absolute atomic E-state index is 13.3. The van der Waals surface area contributed by atoms with Gasteiger partial charge in [0.1, 0.15) is 11.2 Å². The predicted molar refractivity (Wildman–Crippen MR) is 77.5 cm³/mol. The van der Waals surface area contributed by atoms with E-state index in [4.69, 9.17) is 11.6 Å². The Morgan fingerprint density at radius 3 is 2.65 bits per heavy atom. The second-order valence-corrected chi connectivity index (χ2v) is 5.23. The Hall–Kier alpha value is -1.87. The van der Waals surface area contributed by atoms with Gasteiger partial charge in [0.15, 0.2) is 0 Å². The van der Waals surface area contributed by atoms with E-state index in [-0.39, 0.29) is 11.7 Å². The molecule has 0 saturated heterocycles. The van der Waals surface area contributed by atoms with Gasteiger partial charge in [-0.25, -0.2) is 4.39 Å². The Balaban J connectivity index is 1.83. The molecule has 0 aromatic heterocycles. The highest BCUT2D eigenvalue weighted by molar-refractivity contribution is 6.35. The van der Waals surface area contributed by atoms with Crippen molar-refractivity contribution >= 4 is 23.2 Å². The van der Waals surface area contributed by atoms with E-state index < -0.39 is 5.38 Å². The maximum Gasteiger partial charge on any atom is 0.249 e. The minimum Gasteiger partial charge on any atom is -0.310 e. The summed E-state index contributed by atoms with van der Waals surface area (Å²) in [5, 5.41) is -0.781. The summed E-state index contributed by atoms with van der Waals surface area (Å²) in [5.41, 5.74) is 2.43. The molecule has 1 aliphatic heterocycles. The second-order valence-electron chi connectivity index (χ2n) is 4.79. The Morgan fingerprint density at radius 1 is 1.15 bits per heavy atom. The summed E-state index contributed by atoms with van der Waals surface area (Å²) < 4.78 is 13.3. The molecule has 0 spiro atoms. The van der Waals surface area contributed by atoms with Crippen molar-refractivity contribution in [3.05, 3.63) is 65.5 Å². The van der Waals surface area contributed by atoms with Crippen LogP contribution in [0.25, 0.3) is 0 Å². The number of carbonyl (C=O) groups excluding carboxylic acids is 1. The van der Waals surface area contributed by atoms with E-state index in [1.807, 2.05) is 30.3 Å². The minimum atomic E-state index is -0.781. The van der Waals surface area contributed by atoms with Gasteiger partial charge >= 0.3 is 0 Å². The number of halogens is 2. The topological polar surface area (TPSA) is 20.3 Å². The van der Waals surface area contributed by atoms with Gasteiger partial charge in [-0.2, -0.15) is 0 Å². The summed E-state index contributed by atoms with van der Waals surface area (Å²) >= 11 is 6.08. The second kappa shape index (κ2) is 5.25. The molecule has 1 aliphatic rings. The molecule has 1 amide bonds. The summed E-state index contributed by atoms with van der Waals surface area (Å²) in [6.45, 7) is 0.546. The van der Waals surface area contributed by atoms with Crippen LogP contribution in [0.1, 0.15) is 16.5 Å². The average Bonchev–Trinajstić information content (AvgIpc) is 2.70. The molecule has 0 bridgehead atoms. The monoisotopic (exact) mass is 289 g/mol. The molecule has 3 rings (SSSR count). The molecule has 1 unspecified atom stereocenters. The zero-order chi connectivity index (χ0) is 14.1. The molecule has 4 heteroatoms. The summed E-state index contributed by atoms with van der Waals surface area (Å²) in [5.74, 6) is -0.546. The lowest BCUT2D eigenvalue weighted by Crippen LogP contribution is -2.29. The van der Waals surface area contributed by atoms with Gasteiger partial charge in [0.2, 0.25) is 5.91 Å². The smallest absolute Gasteiger partial charge is 0.249 e. The zero-order valence-corrected chi connectivity index (χ0v) is 11.5. The molecule has 0 radical (unpaired) electrons. The van der Waals surface area contributed by atoms with E-state index >= 15 is 0 Å². The number of amides is 1. The zero-order valence-electron chi connectivity index (χ0n) is 10.7. The number of fused-ring (bicyclic) bond motifs is 1. The van der Waals surface area contributed by atoms with Crippen molar-refractivity contribution in [2.75, 3.05) is 11.4 Å². The van der Waals surface area contributed by atoms with Gasteiger partial charge in [0, 0.05) is 17.8 Å². The highest BCUT2D eigenvalue weighted by Crippen LogP contribution is 2.39. The first kappa shape index (κ1) is 13.1. The largest absolute Gasteiger partial charge is 0.310 e. The maximum atomic E-state index is 13.3.